The van der Waals surface area contributed by atoms with Crippen LogP contribution in [0.2, 0.25) is 0 Å². The molecule has 5 rings (SSSR count). The lowest BCUT2D eigenvalue weighted by Gasteiger charge is -2.44. The summed E-state index contributed by atoms with van der Waals surface area (Å²) in [5.74, 6) is -0.647. The average Bonchev–Trinajstić information content (AvgIpc) is 3.25. The molecule has 0 amide bonds. The van der Waals surface area contributed by atoms with E-state index in [0.717, 1.165) is 36.8 Å². The van der Waals surface area contributed by atoms with Crippen LogP contribution in [-0.2, 0) is 36.9 Å². The van der Waals surface area contributed by atoms with E-state index in [4.69, 9.17) is 23.7 Å². The van der Waals surface area contributed by atoms with E-state index in [2.05, 4.69) is 6.58 Å². The summed E-state index contributed by atoms with van der Waals surface area (Å²) in [6, 6.07) is 20.0. The number of hydrogen-bond donors (Lipinski definition) is 1. The molecule has 3 fully saturated rings. The van der Waals surface area contributed by atoms with E-state index in [9.17, 15) is 5.11 Å². The second-order valence-electron chi connectivity index (χ2n) is 9.74. The van der Waals surface area contributed by atoms with Gasteiger partial charge in [0, 0.05) is 12.8 Å². The van der Waals surface area contributed by atoms with Gasteiger partial charge in [0.25, 0.3) is 0 Å². The minimum atomic E-state index is -0.942. The number of aliphatic hydroxyl groups is 1. The molecule has 2 aliphatic carbocycles. The molecule has 1 spiro atoms. The maximum atomic E-state index is 11.5. The Morgan fingerprint density at radius 1 is 0.771 bits per heavy atom. The van der Waals surface area contributed by atoms with Crippen molar-refractivity contribution in [3.63, 3.8) is 0 Å². The normalized spacial score (nSPS) is 31.8. The molecule has 188 valence electrons. The van der Waals surface area contributed by atoms with E-state index in [1.807, 2.05) is 60.7 Å². The maximum absolute atomic E-state index is 11.5. The molecule has 3 aliphatic rings. The molecule has 0 aromatic heterocycles. The zero-order chi connectivity index (χ0) is 24.1. The standard InChI is InChI=1S/C29H36O6/c1-2-18-31-25-23(30)24(32-19-21-12-6-3-7-13-21)26(33-20-22-14-8-4-9-15-22)28-27(25)34-29(35-28)16-10-5-11-17-29/h2-4,6-9,12-15,23-28,30H,1,5,10-11,16-20H2/t23-,24-,25+,26+,27-,28+/m0/s1. The Labute approximate surface area is 207 Å². The van der Waals surface area contributed by atoms with Crippen LogP contribution < -0.4 is 0 Å². The van der Waals surface area contributed by atoms with Crippen molar-refractivity contribution in [1.29, 1.82) is 0 Å². The van der Waals surface area contributed by atoms with Crippen LogP contribution in [0.4, 0.5) is 0 Å². The summed E-state index contributed by atoms with van der Waals surface area (Å²) >= 11 is 0. The van der Waals surface area contributed by atoms with Crippen molar-refractivity contribution >= 4 is 0 Å². The van der Waals surface area contributed by atoms with E-state index in [1.165, 1.54) is 6.42 Å². The van der Waals surface area contributed by atoms with Gasteiger partial charge in [-0.15, -0.1) is 6.58 Å². The lowest BCUT2D eigenvalue weighted by atomic mass is 9.84. The van der Waals surface area contributed by atoms with Gasteiger partial charge in [-0.3, -0.25) is 0 Å². The Bertz CT molecular complexity index is 929. The van der Waals surface area contributed by atoms with Crippen LogP contribution in [0.3, 0.4) is 0 Å². The molecule has 0 unspecified atom stereocenters. The summed E-state index contributed by atoms with van der Waals surface area (Å²) in [7, 11) is 0. The zero-order valence-corrected chi connectivity index (χ0v) is 20.2. The molecule has 1 saturated heterocycles. The minimum absolute atomic E-state index is 0.308. The SMILES string of the molecule is C=CCO[C@@H]1[C@@H](O)[C@H](OCc2ccccc2)[C@@H](OCc2ccccc2)[C@H]2OC3(CCCCC3)O[C@H]21. The van der Waals surface area contributed by atoms with Crippen molar-refractivity contribution in [2.75, 3.05) is 6.61 Å². The van der Waals surface area contributed by atoms with E-state index >= 15 is 0 Å². The molecule has 2 aromatic carbocycles. The smallest absolute Gasteiger partial charge is 0.169 e. The van der Waals surface area contributed by atoms with Gasteiger partial charge in [-0.25, -0.2) is 0 Å². The molecular formula is C29H36O6. The Kier molecular flexibility index (Phi) is 7.97. The molecule has 1 heterocycles. The monoisotopic (exact) mass is 480 g/mol. The number of fused-ring (bicyclic) bond motifs is 1. The number of rotatable bonds is 9. The highest BCUT2D eigenvalue weighted by atomic mass is 16.8. The predicted octanol–water partition coefficient (Wildman–Crippen LogP) is 4.55. The number of aliphatic hydroxyl groups excluding tert-OH is 1. The molecule has 6 heteroatoms. The molecule has 2 saturated carbocycles. The Hall–Kier alpha value is -2.06. The predicted molar refractivity (Wildman–Crippen MR) is 132 cm³/mol. The number of hydrogen-bond acceptors (Lipinski definition) is 6. The van der Waals surface area contributed by atoms with Crippen molar-refractivity contribution in [2.24, 2.45) is 0 Å². The average molecular weight is 481 g/mol. The van der Waals surface area contributed by atoms with Crippen LogP contribution in [0.5, 0.6) is 0 Å². The van der Waals surface area contributed by atoms with Crippen LogP contribution in [0.25, 0.3) is 0 Å². The summed E-state index contributed by atoms with van der Waals surface area (Å²) < 4.78 is 32.2. The molecule has 1 N–H and O–H groups in total. The molecule has 0 radical (unpaired) electrons. The van der Waals surface area contributed by atoms with Crippen molar-refractivity contribution in [3.05, 3.63) is 84.4 Å². The number of benzene rings is 2. The van der Waals surface area contributed by atoms with Crippen LogP contribution in [0, 0.1) is 0 Å². The van der Waals surface area contributed by atoms with E-state index in [0.29, 0.717) is 19.8 Å². The van der Waals surface area contributed by atoms with E-state index in [1.54, 1.807) is 6.08 Å². The van der Waals surface area contributed by atoms with Gasteiger partial charge in [-0.2, -0.15) is 0 Å². The third-order valence-corrected chi connectivity index (χ3v) is 7.26. The summed E-state index contributed by atoms with van der Waals surface area (Å²) in [4.78, 5) is 0. The van der Waals surface area contributed by atoms with E-state index < -0.39 is 42.4 Å². The lowest BCUT2D eigenvalue weighted by Crippen LogP contribution is -2.64. The molecule has 0 bridgehead atoms. The molecule has 6 nitrogen and oxygen atoms in total. The first-order chi connectivity index (χ1) is 17.2. The van der Waals surface area contributed by atoms with Crippen LogP contribution in [0.1, 0.15) is 43.2 Å². The summed E-state index contributed by atoms with van der Waals surface area (Å²) in [5.41, 5.74) is 2.08. The van der Waals surface area contributed by atoms with Crippen LogP contribution >= 0.6 is 0 Å². The topological polar surface area (TPSA) is 66.4 Å². The zero-order valence-electron chi connectivity index (χ0n) is 20.2. The van der Waals surface area contributed by atoms with Gasteiger partial charge in [-0.05, 0) is 24.0 Å². The van der Waals surface area contributed by atoms with Crippen LogP contribution in [-0.4, -0.2) is 54.1 Å². The fraction of sp³-hybridized carbons (Fsp3) is 0.517. The Morgan fingerprint density at radius 2 is 1.31 bits per heavy atom. The molecular weight excluding hydrogens is 444 g/mol. The highest BCUT2D eigenvalue weighted by Gasteiger charge is 2.61. The van der Waals surface area contributed by atoms with Gasteiger partial charge in [0.2, 0.25) is 0 Å². The third kappa shape index (κ3) is 5.53. The molecule has 35 heavy (non-hydrogen) atoms. The van der Waals surface area contributed by atoms with Crippen molar-refractivity contribution in [3.8, 4) is 0 Å². The van der Waals surface area contributed by atoms with Gasteiger partial charge < -0.3 is 28.8 Å². The first kappa shape index (κ1) is 24.6. The Morgan fingerprint density at radius 3 is 1.89 bits per heavy atom. The van der Waals surface area contributed by atoms with Crippen molar-refractivity contribution in [1.82, 2.24) is 0 Å². The van der Waals surface area contributed by atoms with E-state index in [-0.39, 0.29) is 0 Å². The summed E-state index contributed by atoms with van der Waals surface area (Å²) in [6.07, 6.45) is 3.12. The molecule has 2 aromatic rings. The Balaban J connectivity index is 1.42. The second-order valence-corrected chi connectivity index (χ2v) is 9.74. The highest BCUT2D eigenvalue weighted by Crippen LogP contribution is 2.46. The van der Waals surface area contributed by atoms with Gasteiger partial charge in [0.15, 0.2) is 5.79 Å². The molecule has 6 atom stereocenters. The number of ether oxygens (including phenoxy) is 5. The fourth-order valence-electron chi connectivity index (χ4n) is 5.54. The van der Waals surface area contributed by atoms with Crippen LogP contribution in [0.15, 0.2) is 73.3 Å². The lowest BCUT2D eigenvalue weighted by molar-refractivity contribution is -0.235. The first-order valence-corrected chi connectivity index (χ1v) is 12.8. The van der Waals surface area contributed by atoms with Crippen molar-refractivity contribution in [2.45, 2.75) is 87.7 Å². The van der Waals surface area contributed by atoms with Gasteiger partial charge >= 0.3 is 0 Å². The maximum Gasteiger partial charge on any atom is 0.169 e. The van der Waals surface area contributed by atoms with Gasteiger partial charge in [-0.1, -0.05) is 73.2 Å². The minimum Gasteiger partial charge on any atom is -0.387 e. The van der Waals surface area contributed by atoms with Gasteiger partial charge in [0.1, 0.15) is 36.6 Å². The second kappa shape index (κ2) is 11.3. The molecule has 1 aliphatic heterocycles. The van der Waals surface area contributed by atoms with Crippen molar-refractivity contribution < 1.29 is 28.8 Å². The fourth-order valence-corrected chi connectivity index (χ4v) is 5.54. The third-order valence-electron chi connectivity index (χ3n) is 7.26. The largest absolute Gasteiger partial charge is 0.387 e. The highest BCUT2D eigenvalue weighted by molar-refractivity contribution is 5.15. The quantitative estimate of drug-likeness (QED) is 0.532. The summed E-state index contributed by atoms with van der Waals surface area (Å²) in [6.45, 7) is 4.83. The summed E-state index contributed by atoms with van der Waals surface area (Å²) in [5, 5.41) is 11.5. The first-order valence-electron chi connectivity index (χ1n) is 12.8. The van der Waals surface area contributed by atoms with Gasteiger partial charge in [0.05, 0.1) is 19.8 Å².